The van der Waals surface area contributed by atoms with Crippen molar-refractivity contribution in [3.05, 3.63) is 11.6 Å². The van der Waals surface area contributed by atoms with Crippen LogP contribution in [0.4, 0.5) is 0 Å². The molecule has 5 rings (SSSR count). The Morgan fingerprint density at radius 3 is 2.07 bits per heavy atom. The van der Waals surface area contributed by atoms with Gasteiger partial charge in [0.25, 0.3) is 0 Å². The number of ether oxygens (including phenoxy) is 3. The number of esters is 1. The lowest BCUT2D eigenvalue weighted by atomic mass is 9.47. The lowest BCUT2D eigenvalue weighted by Crippen LogP contribution is -2.60. The number of hydrogen-bond donors (Lipinski definition) is 3. The summed E-state index contributed by atoms with van der Waals surface area (Å²) < 4.78 is 26.3. The van der Waals surface area contributed by atoms with Gasteiger partial charge in [-0.1, -0.05) is 162 Å². The Morgan fingerprint density at radius 2 is 1.43 bits per heavy atom. The zero-order valence-corrected chi connectivity index (χ0v) is 38.1. The molecule has 4 aliphatic carbocycles. The lowest BCUT2D eigenvalue weighted by Gasteiger charge is -2.58. The van der Waals surface area contributed by atoms with Crippen molar-refractivity contribution in [3.63, 3.8) is 0 Å². The molecule has 0 spiro atoms. The van der Waals surface area contributed by atoms with E-state index >= 15 is 0 Å². The first-order chi connectivity index (χ1) is 28.3. The summed E-state index contributed by atoms with van der Waals surface area (Å²) in [5, 5.41) is 32.5. The largest absolute Gasteiger partial charge is 0.463 e. The predicted molar refractivity (Wildman–Crippen MR) is 235 cm³/mol. The zero-order chi connectivity index (χ0) is 42.6. The molecule has 3 saturated carbocycles. The highest BCUT2D eigenvalue weighted by atomic mass is 16.7. The van der Waals surface area contributed by atoms with Gasteiger partial charge in [-0.15, -0.1) is 0 Å². The predicted octanol–water partition coefficient (Wildman–Crippen LogP) is 12.0. The van der Waals surface area contributed by atoms with Crippen LogP contribution < -0.4 is 0 Å². The van der Waals surface area contributed by atoms with E-state index in [1.165, 1.54) is 121 Å². The second-order valence-corrected chi connectivity index (χ2v) is 21.0. The van der Waals surface area contributed by atoms with Crippen molar-refractivity contribution in [1.82, 2.24) is 0 Å². The Morgan fingerprint density at radius 1 is 0.793 bits per heavy atom. The van der Waals surface area contributed by atoms with E-state index < -0.39 is 43.1 Å². The van der Waals surface area contributed by atoms with Gasteiger partial charge in [0.15, 0.2) is 6.29 Å². The third kappa shape index (κ3) is 12.6. The highest BCUT2D eigenvalue weighted by Crippen LogP contribution is 2.67. The normalized spacial score (nSPS) is 37.3. The number of carbonyl (C=O) groups excluding carboxylic acids is 1. The average molecular weight is 816 g/mol. The van der Waals surface area contributed by atoms with Crippen LogP contribution in [0.5, 0.6) is 0 Å². The van der Waals surface area contributed by atoms with Gasteiger partial charge in [-0.25, -0.2) is 0 Å². The standard InChI is InChI=1S/C51H90O7/c1-7-8-9-10-11-12-13-14-15-16-17-18-19-20-21-25-45(52)56-35-44-46(53)47(54)48(55)49(58-44)57-39-30-32-50(5)38(34-39)26-27-40-42-29-28-41(37(4)24-22-23-36(2)3)51(42,6)33-31-43(40)50/h26,36-37,39-44,46-49,53-55H,7-25,27-35H2,1-6H3/t37-,39+,40+,41-,42+,43+,44-,46-,47+,48-,49?,50+,51-/m1/s1/i25D/t25?,37-,39+,40+,41-,42+,43+,44-,46-,47+,48-,49?,50+,51-. The summed E-state index contributed by atoms with van der Waals surface area (Å²) in [4.78, 5) is 12.8. The van der Waals surface area contributed by atoms with Crippen LogP contribution >= 0.6 is 0 Å². The summed E-state index contributed by atoms with van der Waals surface area (Å²) in [6.45, 7) is 14.4. The van der Waals surface area contributed by atoms with Gasteiger partial charge >= 0.3 is 5.97 Å². The minimum absolute atomic E-state index is 0.156. The molecule has 5 aliphatic rings. The number of rotatable bonds is 25. The monoisotopic (exact) mass is 816 g/mol. The molecule has 3 N–H and O–H groups in total. The molecule has 336 valence electrons. The van der Waals surface area contributed by atoms with Crippen LogP contribution in [0.3, 0.4) is 0 Å². The maximum atomic E-state index is 12.8. The summed E-state index contributed by atoms with van der Waals surface area (Å²) in [5.74, 6) is 4.05. The Labute approximate surface area is 357 Å². The van der Waals surface area contributed by atoms with E-state index in [-0.39, 0.29) is 18.1 Å². The van der Waals surface area contributed by atoms with Crippen LogP contribution in [0.1, 0.15) is 216 Å². The smallest absolute Gasteiger partial charge is 0.305 e. The van der Waals surface area contributed by atoms with Crippen LogP contribution in [0.25, 0.3) is 0 Å². The molecule has 58 heavy (non-hydrogen) atoms. The first-order valence-corrected chi connectivity index (χ1v) is 24.9. The SMILES string of the molecule is [2H]C(CCCCCCCCCCCCCCCC)C(=O)OC[C@H]1OC(O[C@H]2CC[C@@]3(C)C(=CC[C@H]4[C@@H]5CC[C@H]([C@H](C)CCCC(C)C)[C@@]5(C)CC[C@@H]43)C2)[C@H](O)[C@@H](O)[C@@H]1O. The molecule has 0 radical (unpaired) electrons. The third-order valence-electron chi connectivity index (χ3n) is 16.5. The van der Waals surface area contributed by atoms with Crippen molar-refractivity contribution in [3.8, 4) is 0 Å². The molecular formula is C51H90O7. The van der Waals surface area contributed by atoms with Crippen LogP contribution in [0.2, 0.25) is 0 Å². The second-order valence-electron chi connectivity index (χ2n) is 21.0. The molecule has 7 heteroatoms. The topological polar surface area (TPSA) is 105 Å². The van der Waals surface area contributed by atoms with Gasteiger partial charge in [0, 0.05) is 7.77 Å². The highest BCUT2D eigenvalue weighted by molar-refractivity contribution is 5.69. The molecule has 0 bridgehead atoms. The highest BCUT2D eigenvalue weighted by Gasteiger charge is 2.59. The molecule has 0 aromatic carbocycles. The van der Waals surface area contributed by atoms with E-state index in [9.17, 15) is 20.1 Å². The number of aliphatic hydroxyl groups is 3. The van der Waals surface area contributed by atoms with Gasteiger partial charge in [0.2, 0.25) is 0 Å². The molecule has 1 aliphatic heterocycles. The molecule has 0 aromatic rings. The van der Waals surface area contributed by atoms with E-state index in [1.54, 1.807) is 0 Å². The lowest BCUT2D eigenvalue weighted by molar-refractivity contribution is -0.313. The van der Waals surface area contributed by atoms with Crippen LogP contribution in [-0.2, 0) is 19.0 Å². The third-order valence-corrected chi connectivity index (χ3v) is 16.5. The summed E-state index contributed by atoms with van der Waals surface area (Å²) in [6, 6.07) is 0. The summed E-state index contributed by atoms with van der Waals surface area (Å²) in [6.07, 6.45) is 26.1. The number of hydrogen-bond acceptors (Lipinski definition) is 7. The number of unbranched alkanes of at least 4 members (excludes halogenated alkanes) is 13. The van der Waals surface area contributed by atoms with E-state index in [2.05, 4.69) is 47.6 Å². The average Bonchev–Trinajstić information content (AvgIpc) is 3.57. The maximum Gasteiger partial charge on any atom is 0.305 e. The molecule has 1 saturated heterocycles. The number of allylic oxidation sites excluding steroid dienone is 1. The fourth-order valence-corrected chi connectivity index (χ4v) is 12.9. The van der Waals surface area contributed by atoms with Gasteiger partial charge in [0.1, 0.15) is 31.0 Å². The van der Waals surface area contributed by atoms with Gasteiger partial charge in [-0.2, -0.15) is 0 Å². The first kappa shape index (κ1) is 46.5. The van der Waals surface area contributed by atoms with Crippen molar-refractivity contribution in [2.75, 3.05) is 6.61 Å². The van der Waals surface area contributed by atoms with Gasteiger partial charge in [0.05, 0.1) is 6.10 Å². The van der Waals surface area contributed by atoms with Crippen molar-refractivity contribution in [2.24, 2.45) is 46.3 Å². The molecule has 4 fully saturated rings. The molecular weight excluding hydrogens is 725 g/mol. The number of aliphatic hydroxyl groups excluding tert-OH is 3. The zero-order valence-electron chi connectivity index (χ0n) is 39.1. The van der Waals surface area contributed by atoms with Crippen molar-refractivity contribution < 1.29 is 35.7 Å². The summed E-state index contributed by atoms with van der Waals surface area (Å²) in [7, 11) is 0. The maximum absolute atomic E-state index is 12.8. The van der Waals surface area contributed by atoms with E-state index in [0.717, 1.165) is 74.5 Å². The van der Waals surface area contributed by atoms with Crippen molar-refractivity contribution in [2.45, 2.75) is 252 Å². The minimum atomic E-state index is -1.49. The van der Waals surface area contributed by atoms with E-state index in [0.29, 0.717) is 17.8 Å². The molecule has 0 aromatic heterocycles. The Balaban J connectivity index is 1.02. The Hall–Kier alpha value is -0.990. The van der Waals surface area contributed by atoms with Crippen LogP contribution in [-0.4, -0.2) is 64.7 Å². The number of carbonyl (C=O) groups is 1. The summed E-state index contributed by atoms with van der Waals surface area (Å²) >= 11 is 0. The quantitative estimate of drug-likeness (QED) is 0.0479. The van der Waals surface area contributed by atoms with E-state index in [4.69, 9.17) is 15.6 Å². The van der Waals surface area contributed by atoms with Crippen LogP contribution in [0.15, 0.2) is 11.6 Å². The molecule has 1 heterocycles. The Kier molecular flexibility index (Phi) is 18.8. The van der Waals surface area contributed by atoms with Gasteiger partial charge in [-0.05, 0) is 104 Å². The van der Waals surface area contributed by atoms with Crippen molar-refractivity contribution in [1.29, 1.82) is 0 Å². The van der Waals surface area contributed by atoms with Crippen LogP contribution in [0, 0.1) is 46.3 Å². The molecule has 0 amide bonds. The molecule has 14 atom stereocenters. The molecule has 7 nitrogen and oxygen atoms in total. The Bertz CT molecular complexity index is 1270. The van der Waals surface area contributed by atoms with Crippen molar-refractivity contribution >= 4 is 5.97 Å². The van der Waals surface area contributed by atoms with Gasteiger partial charge < -0.3 is 29.5 Å². The fraction of sp³-hybridized carbons (Fsp3) is 0.941. The molecule has 2 unspecified atom stereocenters. The fourth-order valence-electron chi connectivity index (χ4n) is 12.9. The van der Waals surface area contributed by atoms with E-state index in [1.807, 2.05) is 0 Å². The number of fused-ring (bicyclic) bond motifs is 5. The first-order valence-electron chi connectivity index (χ1n) is 25.5. The second kappa shape index (κ2) is 23.5. The minimum Gasteiger partial charge on any atom is -0.463 e. The van der Waals surface area contributed by atoms with Gasteiger partial charge in [-0.3, -0.25) is 4.79 Å². The summed E-state index contributed by atoms with van der Waals surface area (Å²) in [5.41, 5.74) is 2.09.